The van der Waals surface area contributed by atoms with E-state index in [0.29, 0.717) is 19.5 Å². The molecule has 0 aliphatic carbocycles. The quantitative estimate of drug-likeness (QED) is 0.452. The number of nitrogens with one attached hydrogen (secondary N) is 2. The number of rotatable bonds is 5. The summed E-state index contributed by atoms with van der Waals surface area (Å²) >= 11 is 0. The lowest BCUT2D eigenvalue weighted by atomic mass is 10.2. The molecular weight excluding hydrogens is 180 g/mol. The zero-order chi connectivity index (χ0) is 11.1. The number of nitrogens with two attached hydrogens (primary N) is 1. The first-order chi connectivity index (χ1) is 6.51. The molecule has 1 atom stereocenters. The van der Waals surface area contributed by atoms with Crippen molar-refractivity contribution in [2.24, 2.45) is 5.73 Å². The van der Waals surface area contributed by atoms with Crippen molar-refractivity contribution in [1.82, 2.24) is 10.2 Å². The fraction of sp³-hybridized carbons (Fsp3) is 0.778. The number of carbonyl (C=O) groups excluding carboxylic acids is 1. The van der Waals surface area contributed by atoms with E-state index in [2.05, 4.69) is 5.32 Å². The highest BCUT2D eigenvalue weighted by atomic mass is 16.2. The molecule has 4 N–H and O–H groups in total. The molecule has 0 rings (SSSR count). The zero-order valence-corrected chi connectivity index (χ0v) is 9.13. The van der Waals surface area contributed by atoms with Gasteiger partial charge in [0.15, 0.2) is 0 Å². The molecule has 0 aromatic heterocycles. The molecule has 0 aromatic carbocycles. The van der Waals surface area contributed by atoms with Crippen LogP contribution in [0.3, 0.4) is 0 Å². The molecule has 1 unspecified atom stereocenters. The minimum absolute atomic E-state index is 0.0828. The third-order valence-electron chi connectivity index (χ3n) is 1.95. The molecule has 0 bridgehead atoms. The highest BCUT2D eigenvalue weighted by Gasteiger charge is 2.12. The highest BCUT2D eigenvalue weighted by molar-refractivity contribution is 5.79. The van der Waals surface area contributed by atoms with Gasteiger partial charge < -0.3 is 16.0 Å². The Morgan fingerprint density at radius 3 is 2.36 bits per heavy atom. The van der Waals surface area contributed by atoms with Crippen LogP contribution < -0.4 is 11.1 Å². The van der Waals surface area contributed by atoms with E-state index < -0.39 is 0 Å². The Labute approximate surface area is 85.2 Å². The molecule has 0 radical (unpaired) electrons. The molecule has 5 heteroatoms. The van der Waals surface area contributed by atoms with Crippen molar-refractivity contribution in [3.8, 4) is 0 Å². The van der Waals surface area contributed by atoms with E-state index in [4.69, 9.17) is 11.1 Å². The molecule has 2 amide bonds. The molecule has 0 aromatic rings. The fourth-order valence-corrected chi connectivity index (χ4v) is 1.19. The van der Waals surface area contributed by atoms with Gasteiger partial charge >= 0.3 is 6.03 Å². The van der Waals surface area contributed by atoms with E-state index in [1.165, 1.54) is 0 Å². The van der Waals surface area contributed by atoms with Crippen molar-refractivity contribution in [2.75, 3.05) is 13.1 Å². The third kappa shape index (κ3) is 4.69. The van der Waals surface area contributed by atoms with Gasteiger partial charge in [-0.2, -0.15) is 0 Å². The number of amidine groups is 1. The minimum Gasteiger partial charge on any atom is -0.388 e. The lowest BCUT2D eigenvalue weighted by Gasteiger charge is -2.22. The zero-order valence-electron chi connectivity index (χ0n) is 9.13. The largest absolute Gasteiger partial charge is 0.388 e. The number of amides is 2. The lowest BCUT2D eigenvalue weighted by molar-refractivity contribution is 0.200. The van der Waals surface area contributed by atoms with Crippen molar-refractivity contribution in [1.29, 1.82) is 5.41 Å². The van der Waals surface area contributed by atoms with Gasteiger partial charge in [0.1, 0.15) is 0 Å². The fourth-order valence-electron chi connectivity index (χ4n) is 1.19. The van der Waals surface area contributed by atoms with E-state index in [1.54, 1.807) is 4.90 Å². The summed E-state index contributed by atoms with van der Waals surface area (Å²) in [6.45, 7) is 7.07. The Morgan fingerprint density at radius 2 is 2.00 bits per heavy atom. The normalized spacial score (nSPS) is 11.9. The molecule has 0 spiro atoms. The molecule has 0 fully saturated rings. The molecule has 0 saturated heterocycles. The summed E-state index contributed by atoms with van der Waals surface area (Å²) in [7, 11) is 0. The predicted molar refractivity (Wildman–Crippen MR) is 57.4 cm³/mol. The van der Waals surface area contributed by atoms with E-state index in [9.17, 15) is 4.79 Å². The molecule has 0 aliphatic heterocycles. The van der Waals surface area contributed by atoms with E-state index in [-0.39, 0.29) is 17.9 Å². The summed E-state index contributed by atoms with van der Waals surface area (Å²) in [5, 5.41) is 9.86. The molecular formula is C9H20N4O. The van der Waals surface area contributed by atoms with Crippen molar-refractivity contribution >= 4 is 11.9 Å². The van der Waals surface area contributed by atoms with Gasteiger partial charge in [-0.1, -0.05) is 0 Å². The van der Waals surface area contributed by atoms with E-state index >= 15 is 0 Å². The third-order valence-corrected chi connectivity index (χ3v) is 1.95. The maximum Gasteiger partial charge on any atom is 0.317 e. The first kappa shape index (κ1) is 12.7. The summed E-state index contributed by atoms with van der Waals surface area (Å²) in [6.07, 6.45) is 0.396. The molecule has 0 aliphatic rings. The van der Waals surface area contributed by atoms with Gasteiger partial charge in [0, 0.05) is 25.6 Å². The van der Waals surface area contributed by atoms with Crippen molar-refractivity contribution in [3.63, 3.8) is 0 Å². The number of hydrogen-bond donors (Lipinski definition) is 3. The number of carbonyl (C=O) groups is 1. The van der Waals surface area contributed by atoms with Crippen LogP contribution >= 0.6 is 0 Å². The van der Waals surface area contributed by atoms with Crippen LogP contribution in [0.5, 0.6) is 0 Å². The van der Waals surface area contributed by atoms with Gasteiger partial charge in [-0.25, -0.2) is 4.79 Å². The van der Waals surface area contributed by atoms with Crippen LogP contribution in [-0.4, -0.2) is 35.9 Å². The van der Waals surface area contributed by atoms with Crippen LogP contribution in [0.25, 0.3) is 0 Å². The van der Waals surface area contributed by atoms with Crippen LogP contribution in [-0.2, 0) is 0 Å². The first-order valence-electron chi connectivity index (χ1n) is 4.89. The highest BCUT2D eigenvalue weighted by Crippen LogP contribution is 1.93. The monoisotopic (exact) mass is 200 g/mol. The number of hydrogen-bond acceptors (Lipinski definition) is 2. The Morgan fingerprint density at radius 1 is 1.50 bits per heavy atom. The Bertz CT molecular complexity index is 201. The maximum atomic E-state index is 11.5. The molecule has 82 valence electrons. The summed E-state index contributed by atoms with van der Waals surface area (Å²) in [6, 6.07) is -0.177. The second-order valence-corrected chi connectivity index (χ2v) is 3.25. The molecule has 5 nitrogen and oxygen atoms in total. The average molecular weight is 200 g/mol. The molecule has 0 saturated carbocycles. The number of nitrogens with zero attached hydrogens (tertiary/aromatic N) is 1. The summed E-state index contributed by atoms with van der Waals surface area (Å²) in [5.41, 5.74) is 5.23. The van der Waals surface area contributed by atoms with Gasteiger partial charge in [0.05, 0.1) is 5.84 Å². The van der Waals surface area contributed by atoms with Gasteiger partial charge in [-0.15, -0.1) is 0 Å². The molecule has 0 heterocycles. The van der Waals surface area contributed by atoms with Gasteiger partial charge in [-0.05, 0) is 20.8 Å². The van der Waals surface area contributed by atoms with Crippen molar-refractivity contribution < 1.29 is 4.79 Å². The Kier molecular flexibility index (Phi) is 5.67. The van der Waals surface area contributed by atoms with E-state index in [0.717, 1.165) is 0 Å². The maximum absolute atomic E-state index is 11.5. The number of urea groups is 1. The SMILES string of the molecule is CCN(CC)C(=O)NC(C)CC(=N)N. The molecule has 14 heavy (non-hydrogen) atoms. The second-order valence-electron chi connectivity index (χ2n) is 3.25. The minimum atomic E-state index is -0.0937. The summed E-state index contributed by atoms with van der Waals surface area (Å²) < 4.78 is 0. The van der Waals surface area contributed by atoms with Crippen molar-refractivity contribution in [2.45, 2.75) is 33.2 Å². The van der Waals surface area contributed by atoms with Crippen LogP contribution in [0.1, 0.15) is 27.2 Å². The standard InChI is InChI=1S/C9H20N4O/c1-4-13(5-2)9(14)12-7(3)6-8(10)11/h7H,4-6H2,1-3H3,(H3,10,11)(H,12,14). The predicted octanol–water partition coefficient (Wildman–Crippen LogP) is 0.752. The van der Waals surface area contributed by atoms with Gasteiger partial charge in [0.25, 0.3) is 0 Å². The Balaban J connectivity index is 3.97. The summed E-state index contributed by atoms with van der Waals surface area (Å²) in [4.78, 5) is 13.2. The van der Waals surface area contributed by atoms with Gasteiger partial charge in [-0.3, -0.25) is 5.41 Å². The lowest BCUT2D eigenvalue weighted by Crippen LogP contribution is -2.44. The topological polar surface area (TPSA) is 82.2 Å². The van der Waals surface area contributed by atoms with Crippen LogP contribution in [0, 0.1) is 5.41 Å². The van der Waals surface area contributed by atoms with Crippen LogP contribution in [0.2, 0.25) is 0 Å². The Hall–Kier alpha value is -1.26. The van der Waals surface area contributed by atoms with Gasteiger partial charge in [0.2, 0.25) is 0 Å². The van der Waals surface area contributed by atoms with Crippen molar-refractivity contribution in [3.05, 3.63) is 0 Å². The first-order valence-corrected chi connectivity index (χ1v) is 4.89. The second kappa shape index (κ2) is 6.23. The smallest absolute Gasteiger partial charge is 0.317 e. The summed E-state index contributed by atoms with van der Waals surface area (Å²) in [5.74, 6) is 0.0948. The van der Waals surface area contributed by atoms with Crippen LogP contribution in [0.15, 0.2) is 0 Å². The van der Waals surface area contributed by atoms with E-state index in [1.807, 2.05) is 20.8 Å². The van der Waals surface area contributed by atoms with Crippen LogP contribution in [0.4, 0.5) is 4.79 Å². The average Bonchev–Trinajstić information content (AvgIpc) is 2.04.